The van der Waals surface area contributed by atoms with E-state index in [2.05, 4.69) is 37.2 Å². The summed E-state index contributed by atoms with van der Waals surface area (Å²) >= 11 is 6.68. The van der Waals surface area contributed by atoms with Crippen molar-refractivity contribution in [3.8, 4) is 0 Å². The molecule has 0 radical (unpaired) electrons. The van der Waals surface area contributed by atoms with Gasteiger partial charge in [0.1, 0.15) is 0 Å². The van der Waals surface area contributed by atoms with Crippen LogP contribution in [0.3, 0.4) is 0 Å². The average molecular weight is 395 g/mol. The van der Waals surface area contributed by atoms with Crippen molar-refractivity contribution in [2.45, 2.75) is 6.54 Å². The van der Waals surface area contributed by atoms with E-state index in [4.69, 9.17) is 0 Å². The Hall–Kier alpha value is -1.01. The van der Waals surface area contributed by atoms with Crippen LogP contribution in [0.4, 0.5) is 18.9 Å². The molecule has 2 rings (SSSR count). The summed E-state index contributed by atoms with van der Waals surface area (Å²) in [6.45, 7) is 0.189. The lowest BCUT2D eigenvalue weighted by molar-refractivity contribution is 0.445. The first kappa shape index (κ1) is 14.4. The van der Waals surface area contributed by atoms with Crippen LogP contribution in [0.1, 0.15) is 5.56 Å². The summed E-state index contributed by atoms with van der Waals surface area (Å²) in [6.07, 6.45) is 0. The van der Waals surface area contributed by atoms with Gasteiger partial charge in [0.2, 0.25) is 0 Å². The van der Waals surface area contributed by atoms with E-state index in [1.807, 2.05) is 18.2 Å². The molecule has 0 amide bonds. The normalized spacial score (nSPS) is 10.6. The molecule has 0 saturated carbocycles. The highest BCUT2D eigenvalue weighted by atomic mass is 79.9. The number of hydrogen-bond donors (Lipinski definition) is 1. The van der Waals surface area contributed by atoms with Gasteiger partial charge in [-0.1, -0.05) is 15.9 Å². The van der Waals surface area contributed by atoms with Gasteiger partial charge < -0.3 is 5.32 Å². The predicted octanol–water partition coefficient (Wildman–Crippen LogP) is 5.24. The first-order valence-corrected chi connectivity index (χ1v) is 6.88. The van der Waals surface area contributed by atoms with Crippen molar-refractivity contribution in [3.05, 3.63) is 62.3 Å². The van der Waals surface area contributed by atoms with Gasteiger partial charge in [0, 0.05) is 21.2 Å². The third kappa shape index (κ3) is 3.51. The SMILES string of the molecule is Fc1cc(CNc2ccc(Br)cc2Br)cc(F)c1F. The molecule has 0 fully saturated rings. The zero-order chi connectivity index (χ0) is 14.0. The average Bonchev–Trinajstić information content (AvgIpc) is 2.34. The van der Waals surface area contributed by atoms with Gasteiger partial charge in [0.15, 0.2) is 17.5 Å². The highest BCUT2D eigenvalue weighted by molar-refractivity contribution is 9.11. The fraction of sp³-hybridized carbons (Fsp3) is 0.0769. The highest BCUT2D eigenvalue weighted by Gasteiger charge is 2.10. The standard InChI is InChI=1S/C13H8Br2F3N/c14-8-1-2-12(9(15)5-8)19-6-7-3-10(16)13(18)11(17)4-7/h1-5,19H,6H2. The molecule has 0 aliphatic rings. The second kappa shape index (κ2) is 5.96. The maximum absolute atomic E-state index is 13.0. The summed E-state index contributed by atoms with van der Waals surface area (Å²) in [4.78, 5) is 0. The lowest BCUT2D eigenvalue weighted by atomic mass is 10.2. The Morgan fingerprint density at radius 1 is 0.947 bits per heavy atom. The van der Waals surface area contributed by atoms with E-state index in [0.717, 1.165) is 26.8 Å². The van der Waals surface area contributed by atoms with E-state index >= 15 is 0 Å². The summed E-state index contributed by atoms with van der Waals surface area (Å²) in [7, 11) is 0. The molecular weight excluding hydrogens is 387 g/mol. The van der Waals surface area contributed by atoms with Gasteiger partial charge in [-0.15, -0.1) is 0 Å². The minimum Gasteiger partial charge on any atom is -0.380 e. The number of nitrogens with one attached hydrogen (secondary N) is 1. The summed E-state index contributed by atoms with van der Waals surface area (Å²) in [6, 6.07) is 7.42. The van der Waals surface area contributed by atoms with Crippen molar-refractivity contribution in [3.63, 3.8) is 0 Å². The molecule has 0 spiro atoms. The molecule has 0 aliphatic carbocycles. The molecule has 19 heavy (non-hydrogen) atoms. The monoisotopic (exact) mass is 393 g/mol. The van der Waals surface area contributed by atoms with Gasteiger partial charge in [-0.05, 0) is 51.8 Å². The molecule has 1 N–H and O–H groups in total. The molecule has 0 bridgehead atoms. The van der Waals surface area contributed by atoms with Crippen LogP contribution in [-0.2, 0) is 6.54 Å². The molecule has 100 valence electrons. The molecule has 0 atom stereocenters. The predicted molar refractivity (Wildman–Crippen MR) is 75.5 cm³/mol. The maximum atomic E-state index is 13.0. The van der Waals surface area contributed by atoms with Crippen LogP contribution < -0.4 is 5.32 Å². The van der Waals surface area contributed by atoms with E-state index in [1.54, 1.807) is 0 Å². The van der Waals surface area contributed by atoms with E-state index < -0.39 is 17.5 Å². The third-order valence-electron chi connectivity index (χ3n) is 2.46. The Morgan fingerprint density at radius 2 is 1.58 bits per heavy atom. The molecule has 6 heteroatoms. The van der Waals surface area contributed by atoms with Gasteiger partial charge >= 0.3 is 0 Å². The second-order valence-corrected chi connectivity index (χ2v) is 5.62. The van der Waals surface area contributed by atoms with E-state index in [1.165, 1.54) is 0 Å². The Labute approximate surface area is 125 Å². The first-order valence-electron chi connectivity index (χ1n) is 5.29. The van der Waals surface area contributed by atoms with Crippen LogP contribution in [0.15, 0.2) is 39.3 Å². The van der Waals surface area contributed by atoms with Gasteiger partial charge in [0.25, 0.3) is 0 Å². The fourth-order valence-electron chi connectivity index (χ4n) is 1.54. The number of hydrogen-bond acceptors (Lipinski definition) is 1. The van der Waals surface area contributed by atoms with Crippen molar-refractivity contribution >= 4 is 37.5 Å². The van der Waals surface area contributed by atoms with Crippen molar-refractivity contribution < 1.29 is 13.2 Å². The summed E-state index contributed by atoms with van der Waals surface area (Å²) < 4.78 is 40.6. The Balaban J connectivity index is 2.14. The van der Waals surface area contributed by atoms with Crippen LogP contribution >= 0.6 is 31.9 Å². The zero-order valence-corrected chi connectivity index (χ0v) is 12.7. The zero-order valence-electron chi connectivity index (χ0n) is 9.48. The van der Waals surface area contributed by atoms with E-state index in [0.29, 0.717) is 5.56 Å². The van der Waals surface area contributed by atoms with E-state index in [-0.39, 0.29) is 6.54 Å². The van der Waals surface area contributed by atoms with E-state index in [9.17, 15) is 13.2 Å². The number of rotatable bonds is 3. The summed E-state index contributed by atoms with van der Waals surface area (Å²) in [5.41, 5.74) is 1.10. The highest BCUT2D eigenvalue weighted by Crippen LogP contribution is 2.26. The summed E-state index contributed by atoms with van der Waals surface area (Å²) in [5.74, 6) is -3.83. The third-order valence-corrected chi connectivity index (χ3v) is 3.61. The van der Waals surface area contributed by atoms with Crippen LogP contribution in [0.5, 0.6) is 0 Å². The van der Waals surface area contributed by atoms with Crippen LogP contribution in [-0.4, -0.2) is 0 Å². The Bertz CT molecular complexity index is 594. The molecule has 0 unspecified atom stereocenters. The van der Waals surface area contributed by atoms with Crippen molar-refractivity contribution in [1.82, 2.24) is 0 Å². The molecule has 1 nitrogen and oxygen atoms in total. The molecule has 0 aromatic heterocycles. The topological polar surface area (TPSA) is 12.0 Å². The van der Waals surface area contributed by atoms with Gasteiger partial charge in [0.05, 0.1) is 0 Å². The van der Waals surface area contributed by atoms with Crippen molar-refractivity contribution in [2.24, 2.45) is 0 Å². The molecule has 2 aromatic rings. The lowest BCUT2D eigenvalue weighted by Crippen LogP contribution is -2.02. The molecule has 2 aromatic carbocycles. The number of benzene rings is 2. The van der Waals surface area contributed by atoms with Crippen LogP contribution in [0.2, 0.25) is 0 Å². The Morgan fingerprint density at radius 3 is 2.16 bits per heavy atom. The molecule has 0 saturated heterocycles. The fourth-order valence-corrected chi connectivity index (χ4v) is 2.73. The van der Waals surface area contributed by atoms with Crippen LogP contribution in [0, 0.1) is 17.5 Å². The smallest absolute Gasteiger partial charge is 0.194 e. The molecule has 0 heterocycles. The minimum absolute atomic E-state index is 0.189. The Kier molecular flexibility index (Phi) is 4.52. The second-order valence-electron chi connectivity index (χ2n) is 3.85. The minimum atomic E-state index is -1.45. The first-order chi connectivity index (χ1) is 8.97. The number of halogens is 5. The quantitative estimate of drug-likeness (QED) is 0.702. The maximum Gasteiger partial charge on any atom is 0.194 e. The lowest BCUT2D eigenvalue weighted by Gasteiger charge is -2.09. The number of anilines is 1. The van der Waals surface area contributed by atoms with Crippen molar-refractivity contribution in [1.29, 1.82) is 0 Å². The summed E-state index contributed by atoms with van der Waals surface area (Å²) in [5, 5.41) is 3.01. The largest absolute Gasteiger partial charge is 0.380 e. The van der Waals surface area contributed by atoms with Gasteiger partial charge in [-0.2, -0.15) is 0 Å². The molecule has 0 aliphatic heterocycles. The van der Waals surface area contributed by atoms with Crippen LogP contribution in [0.25, 0.3) is 0 Å². The molecular formula is C13H8Br2F3N. The van der Waals surface area contributed by atoms with Gasteiger partial charge in [-0.3, -0.25) is 0 Å². The van der Waals surface area contributed by atoms with Gasteiger partial charge in [-0.25, -0.2) is 13.2 Å². The van der Waals surface area contributed by atoms with Crippen molar-refractivity contribution in [2.75, 3.05) is 5.32 Å².